The van der Waals surface area contributed by atoms with Crippen LogP contribution in [-0.2, 0) is 9.53 Å². The summed E-state index contributed by atoms with van der Waals surface area (Å²) in [6, 6.07) is 5.37. The predicted molar refractivity (Wildman–Crippen MR) is 66.8 cm³/mol. The van der Waals surface area contributed by atoms with Gasteiger partial charge in [0, 0.05) is 12.6 Å². The third kappa shape index (κ3) is 2.26. The third-order valence-corrected chi connectivity index (χ3v) is 2.91. The number of benzene rings is 1. The second-order valence-corrected chi connectivity index (χ2v) is 4.12. The largest absolute Gasteiger partial charge is 0.489 e. The minimum Gasteiger partial charge on any atom is -0.489 e. The van der Waals surface area contributed by atoms with E-state index in [1.54, 1.807) is 19.1 Å². The number of hydrogen-bond acceptors (Lipinski definition) is 5. The number of aliphatic hydroxyl groups excluding tert-OH is 1. The number of hydrogen-bond donors (Lipinski definition) is 1. The van der Waals surface area contributed by atoms with E-state index in [-0.39, 0.29) is 6.61 Å². The van der Waals surface area contributed by atoms with Gasteiger partial charge in [-0.15, -0.1) is 0 Å². The van der Waals surface area contributed by atoms with Crippen LogP contribution in [-0.4, -0.2) is 37.9 Å². The van der Waals surface area contributed by atoms with E-state index < -0.39 is 12.1 Å². The fourth-order valence-electron chi connectivity index (χ4n) is 1.97. The first-order valence-electron chi connectivity index (χ1n) is 5.96. The summed E-state index contributed by atoms with van der Waals surface area (Å²) in [7, 11) is 1.95. The number of carbonyl (C=O) groups excluding carboxylic acids is 1. The molecule has 1 aromatic carbocycles. The first kappa shape index (κ1) is 12.7. The van der Waals surface area contributed by atoms with Crippen LogP contribution in [0.4, 0.5) is 5.69 Å². The van der Waals surface area contributed by atoms with Gasteiger partial charge in [0.05, 0.1) is 18.8 Å². The van der Waals surface area contributed by atoms with Crippen LogP contribution in [0, 0.1) is 0 Å². The highest BCUT2D eigenvalue weighted by Gasteiger charge is 2.26. The zero-order chi connectivity index (χ0) is 13.1. The van der Waals surface area contributed by atoms with E-state index in [1.807, 2.05) is 18.0 Å². The molecule has 18 heavy (non-hydrogen) atoms. The number of likely N-dealkylation sites (N-methyl/N-ethyl adjacent to an activating group) is 1. The zero-order valence-electron chi connectivity index (χ0n) is 10.5. The normalized spacial score (nSPS) is 15.6. The summed E-state index contributed by atoms with van der Waals surface area (Å²) in [6.07, 6.45) is -1.30. The van der Waals surface area contributed by atoms with E-state index in [1.165, 1.54) is 0 Å². The van der Waals surface area contributed by atoms with Crippen LogP contribution in [0.3, 0.4) is 0 Å². The molecule has 2 rings (SSSR count). The molecule has 0 aromatic heterocycles. The minimum absolute atomic E-state index is 0.242. The maximum Gasteiger partial charge on any atom is 0.339 e. The average Bonchev–Trinajstić information content (AvgIpc) is 2.38. The number of rotatable bonds is 3. The maximum atomic E-state index is 11.6. The quantitative estimate of drug-likeness (QED) is 0.815. The van der Waals surface area contributed by atoms with Gasteiger partial charge in [-0.2, -0.15) is 0 Å². The Hall–Kier alpha value is -1.75. The molecule has 0 saturated carbocycles. The van der Waals surface area contributed by atoms with Crippen LogP contribution < -0.4 is 9.64 Å². The molecule has 0 radical (unpaired) electrons. The van der Waals surface area contributed by atoms with Crippen LogP contribution in [0.2, 0.25) is 0 Å². The summed E-state index contributed by atoms with van der Waals surface area (Å²) in [4.78, 5) is 13.6. The Balaban J connectivity index is 2.34. The Morgan fingerprint density at radius 3 is 3.11 bits per heavy atom. The van der Waals surface area contributed by atoms with Crippen molar-refractivity contribution < 1.29 is 19.4 Å². The summed E-state index contributed by atoms with van der Waals surface area (Å²) >= 11 is 0. The highest BCUT2D eigenvalue weighted by molar-refractivity contribution is 5.79. The first-order valence-corrected chi connectivity index (χ1v) is 5.96. The highest BCUT2D eigenvalue weighted by atomic mass is 16.5. The van der Waals surface area contributed by atoms with Gasteiger partial charge in [0.15, 0.2) is 6.10 Å². The topological polar surface area (TPSA) is 59.0 Å². The molecule has 1 atom stereocenters. The molecule has 1 N–H and O–H groups in total. The second kappa shape index (κ2) is 5.27. The Morgan fingerprint density at radius 1 is 1.61 bits per heavy atom. The molecular formula is C13H17NO4. The van der Waals surface area contributed by atoms with Crippen molar-refractivity contribution in [3.05, 3.63) is 23.8 Å². The lowest BCUT2D eigenvalue weighted by Gasteiger charge is -2.29. The molecule has 0 spiro atoms. The Kier molecular flexibility index (Phi) is 3.72. The number of nitrogens with zero attached hydrogens (tertiary/aromatic N) is 1. The number of esters is 1. The molecule has 0 aliphatic carbocycles. The number of carbonyl (C=O) groups is 1. The molecule has 98 valence electrons. The molecule has 1 unspecified atom stereocenters. The van der Waals surface area contributed by atoms with Gasteiger partial charge in [0.25, 0.3) is 0 Å². The van der Waals surface area contributed by atoms with Crippen LogP contribution in [0.15, 0.2) is 18.2 Å². The van der Waals surface area contributed by atoms with Crippen molar-refractivity contribution in [2.45, 2.75) is 13.0 Å². The molecule has 1 aliphatic rings. The molecule has 0 bridgehead atoms. The van der Waals surface area contributed by atoms with Crippen molar-refractivity contribution in [1.82, 2.24) is 0 Å². The van der Waals surface area contributed by atoms with E-state index in [9.17, 15) is 9.90 Å². The fraction of sp³-hybridized carbons (Fsp3) is 0.462. The Labute approximate surface area is 106 Å². The molecule has 0 amide bonds. The van der Waals surface area contributed by atoms with Gasteiger partial charge in [-0.3, -0.25) is 0 Å². The van der Waals surface area contributed by atoms with Crippen molar-refractivity contribution in [2.24, 2.45) is 0 Å². The van der Waals surface area contributed by atoms with Crippen LogP contribution in [0.1, 0.15) is 18.6 Å². The van der Waals surface area contributed by atoms with E-state index in [4.69, 9.17) is 9.47 Å². The predicted octanol–water partition coefficient (Wildman–Crippen LogP) is 1.11. The molecule has 1 heterocycles. The maximum absolute atomic E-state index is 11.6. The van der Waals surface area contributed by atoms with Gasteiger partial charge in [-0.05, 0) is 13.0 Å². The minimum atomic E-state index is -1.30. The lowest BCUT2D eigenvalue weighted by molar-refractivity contribution is -0.153. The van der Waals surface area contributed by atoms with Crippen molar-refractivity contribution in [3.8, 4) is 5.75 Å². The van der Waals surface area contributed by atoms with E-state index in [0.29, 0.717) is 17.9 Å². The summed E-state index contributed by atoms with van der Waals surface area (Å²) < 4.78 is 10.4. The number of anilines is 1. The van der Waals surface area contributed by atoms with Gasteiger partial charge in [-0.1, -0.05) is 12.1 Å². The molecule has 5 nitrogen and oxygen atoms in total. The highest BCUT2D eigenvalue weighted by Crippen LogP contribution is 2.37. The first-order chi connectivity index (χ1) is 8.65. The Morgan fingerprint density at radius 2 is 2.39 bits per heavy atom. The van der Waals surface area contributed by atoms with Crippen molar-refractivity contribution >= 4 is 11.7 Å². The van der Waals surface area contributed by atoms with E-state index in [0.717, 1.165) is 12.2 Å². The van der Waals surface area contributed by atoms with Crippen molar-refractivity contribution in [3.63, 3.8) is 0 Å². The molecule has 1 aromatic rings. The van der Waals surface area contributed by atoms with Crippen LogP contribution in [0.25, 0.3) is 0 Å². The SMILES string of the molecule is CCOC(=O)C(O)c1cccc2c1OCCN2C. The standard InChI is InChI=1S/C13H17NO4/c1-3-17-13(16)11(15)9-5-4-6-10-12(9)18-8-7-14(10)2/h4-6,11,15H,3,7-8H2,1-2H3. The monoisotopic (exact) mass is 251 g/mol. The van der Waals surface area contributed by atoms with Crippen LogP contribution >= 0.6 is 0 Å². The summed E-state index contributed by atoms with van der Waals surface area (Å²) in [5.74, 6) is -0.0884. The summed E-state index contributed by atoms with van der Waals surface area (Å²) in [6.45, 7) is 3.27. The van der Waals surface area contributed by atoms with Crippen LogP contribution in [0.5, 0.6) is 5.75 Å². The lowest BCUT2D eigenvalue weighted by atomic mass is 10.1. The number of para-hydroxylation sites is 1. The molecule has 0 fully saturated rings. The number of fused-ring (bicyclic) bond motifs is 1. The zero-order valence-corrected chi connectivity index (χ0v) is 10.5. The average molecular weight is 251 g/mol. The van der Waals surface area contributed by atoms with Gasteiger partial charge < -0.3 is 19.5 Å². The van der Waals surface area contributed by atoms with E-state index in [2.05, 4.69) is 0 Å². The molecule has 5 heteroatoms. The van der Waals surface area contributed by atoms with Crippen molar-refractivity contribution in [2.75, 3.05) is 31.7 Å². The van der Waals surface area contributed by atoms with Gasteiger partial charge in [0.1, 0.15) is 12.4 Å². The molecular weight excluding hydrogens is 234 g/mol. The fourth-order valence-corrected chi connectivity index (χ4v) is 1.97. The smallest absolute Gasteiger partial charge is 0.339 e. The second-order valence-electron chi connectivity index (χ2n) is 4.12. The Bertz CT molecular complexity index is 447. The number of aliphatic hydroxyl groups is 1. The number of ether oxygens (including phenoxy) is 2. The molecule has 1 aliphatic heterocycles. The molecule has 0 saturated heterocycles. The van der Waals surface area contributed by atoms with Gasteiger partial charge >= 0.3 is 5.97 Å². The summed E-state index contributed by atoms with van der Waals surface area (Å²) in [5.41, 5.74) is 1.33. The van der Waals surface area contributed by atoms with E-state index >= 15 is 0 Å². The van der Waals surface area contributed by atoms with Gasteiger partial charge in [-0.25, -0.2) is 4.79 Å². The van der Waals surface area contributed by atoms with Gasteiger partial charge in [0.2, 0.25) is 0 Å². The third-order valence-electron chi connectivity index (χ3n) is 2.91. The summed E-state index contributed by atoms with van der Waals surface area (Å²) in [5, 5.41) is 9.99. The van der Waals surface area contributed by atoms with Crippen molar-refractivity contribution in [1.29, 1.82) is 0 Å². The lowest BCUT2D eigenvalue weighted by Crippen LogP contribution is -2.30.